The molecule has 0 aliphatic carbocycles. The van der Waals surface area contributed by atoms with Crippen molar-refractivity contribution >= 4 is 41.5 Å². The summed E-state index contributed by atoms with van der Waals surface area (Å²) >= 11 is 6.06. The third-order valence-corrected chi connectivity index (χ3v) is 4.22. The van der Waals surface area contributed by atoms with Gasteiger partial charge in [-0.3, -0.25) is 4.99 Å². The Kier molecular flexibility index (Phi) is 10.0. The fourth-order valence-electron chi connectivity index (χ4n) is 2.64. The summed E-state index contributed by atoms with van der Waals surface area (Å²) in [7, 11) is 5.57. The first-order valence-corrected chi connectivity index (χ1v) is 8.91. The minimum absolute atomic E-state index is 0. The molecule has 0 fully saturated rings. The minimum atomic E-state index is -0.181. The second kappa shape index (κ2) is 11.5. The number of benzene rings is 2. The Bertz CT molecular complexity index is 767. The predicted octanol–water partition coefficient (Wildman–Crippen LogP) is 4.58. The number of nitrogens with zero attached hydrogens (tertiary/aromatic N) is 2. The molecule has 0 aliphatic rings. The van der Waals surface area contributed by atoms with E-state index in [4.69, 9.17) is 11.6 Å². The summed E-state index contributed by atoms with van der Waals surface area (Å²) in [5.74, 6) is 0.496. The van der Waals surface area contributed by atoms with E-state index in [1.807, 2.05) is 56.3 Å². The van der Waals surface area contributed by atoms with E-state index in [0.29, 0.717) is 29.6 Å². The molecule has 0 saturated heterocycles. The van der Waals surface area contributed by atoms with Crippen LogP contribution in [0.5, 0.6) is 0 Å². The molecule has 148 valence electrons. The van der Waals surface area contributed by atoms with E-state index in [1.165, 1.54) is 6.07 Å². The average molecular weight is 505 g/mol. The molecule has 2 N–H and O–H groups in total. The van der Waals surface area contributed by atoms with Crippen LogP contribution in [0, 0.1) is 5.82 Å². The summed E-state index contributed by atoms with van der Waals surface area (Å²) < 4.78 is 13.9. The molecule has 0 aromatic heterocycles. The zero-order chi connectivity index (χ0) is 19.1. The summed E-state index contributed by atoms with van der Waals surface area (Å²) in [6.07, 6.45) is 0. The van der Waals surface area contributed by atoms with Gasteiger partial charge in [0.2, 0.25) is 0 Å². The molecule has 2 aromatic carbocycles. The van der Waals surface area contributed by atoms with Gasteiger partial charge in [-0.25, -0.2) is 4.39 Å². The SMILES string of the molecule is CN=C(NCc1ccc(F)c(CN(C)C)c1)NC(C)c1cccc(Cl)c1.I. The molecular formula is C20H27ClFIN4. The monoisotopic (exact) mass is 504 g/mol. The van der Waals surface area contributed by atoms with Crippen LogP contribution in [0.4, 0.5) is 4.39 Å². The zero-order valence-electron chi connectivity index (χ0n) is 16.1. The van der Waals surface area contributed by atoms with Crippen LogP contribution in [0.1, 0.15) is 29.7 Å². The molecule has 4 nitrogen and oxygen atoms in total. The molecule has 0 radical (unpaired) electrons. The first-order chi connectivity index (χ1) is 12.4. The number of guanidine groups is 1. The van der Waals surface area contributed by atoms with Crippen LogP contribution in [0.25, 0.3) is 0 Å². The molecular weight excluding hydrogens is 478 g/mol. The molecule has 0 amide bonds. The number of halogens is 3. The average Bonchev–Trinajstić information content (AvgIpc) is 2.60. The first kappa shape index (κ1) is 23.7. The van der Waals surface area contributed by atoms with E-state index in [1.54, 1.807) is 13.1 Å². The van der Waals surface area contributed by atoms with Crippen molar-refractivity contribution in [2.75, 3.05) is 21.1 Å². The molecule has 0 saturated carbocycles. The number of hydrogen-bond acceptors (Lipinski definition) is 2. The van der Waals surface area contributed by atoms with Crippen molar-refractivity contribution < 1.29 is 4.39 Å². The summed E-state index contributed by atoms with van der Waals surface area (Å²) in [6.45, 7) is 3.17. The van der Waals surface area contributed by atoms with Gasteiger partial charge in [-0.15, -0.1) is 24.0 Å². The van der Waals surface area contributed by atoms with E-state index in [2.05, 4.69) is 15.6 Å². The second-order valence-corrected chi connectivity index (χ2v) is 6.95. The molecule has 1 atom stereocenters. The number of rotatable bonds is 6. The van der Waals surface area contributed by atoms with Gasteiger partial charge in [0, 0.05) is 30.7 Å². The lowest BCUT2D eigenvalue weighted by Crippen LogP contribution is -2.38. The van der Waals surface area contributed by atoms with E-state index in [9.17, 15) is 4.39 Å². The maximum atomic E-state index is 13.9. The van der Waals surface area contributed by atoms with E-state index < -0.39 is 0 Å². The lowest BCUT2D eigenvalue weighted by molar-refractivity contribution is 0.392. The summed E-state index contributed by atoms with van der Waals surface area (Å²) in [5, 5.41) is 7.31. The van der Waals surface area contributed by atoms with Crippen LogP contribution in [-0.2, 0) is 13.1 Å². The molecule has 7 heteroatoms. The van der Waals surface area contributed by atoms with Crippen LogP contribution in [0.2, 0.25) is 5.02 Å². The molecule has 0 spiro atoms. The van der Waals surface area contributed by atoms with E-state index in [0.717, 1.165) is 11.1 Å². The zero-order valence-corrected chi connectivity index (χ0v) is 19.2. The Labute approximate surface area is 183 Å². The van der Waals surface area contributed by atoms with Crippen LogP contribution in [0.3, 0.4) is 0 Å². The Morgan fingerprint density at radius 2 is 1.96 bits per heavy atom. The largest absolute Gasteiger partial charge is 0.352 e. The predicted molar refractivity (Wildman–Crippen MR) is 122 cm³/mol. The van der Waals surface area contributed by atoms with Crippen LogP contribution >= 0.6 is 35.6 Å². The van der Waals surface area contributed by atoms with Crippen molar-refractivity contribution in [2.24, 2.45) is 4.99 Å². The van der Waals surface area contributed by atoms with Crippen molar-refractivity contribution in [3.05, 3.63) is 70.0 Å². The van der Waals surface area contributed by atoms with Gasteiger partial charge in [0.05, 0.1) is 6.04 Å². The standard InChI is InChI=1S/C20H26ClFN4.HI/c1-14(16-6-5-7-18(21)11-16)25-20(23-2)24-12-15-8-9-19(22)17(10-15)13-26(3)4;/h5-11,14H,12-13H2,1-4H3,(H2,23,24,25);1H. The normalized spacial score (nSPS) is 12.5. The highest BCUT2D eigenvalue weighted by Gasteiger charge is 2.09. The van der Waals surface area contributed by atoms with Gasteiger partial charge < -0.3 is 15.5 Å². The van der Waals surface area contributed by atoms with E-state index in [-0.39, 0.29) is 35.8 Å². The molecule has 2 aromatic rings. The molecule has 0 aliphatic heterocycles. The second-order valence-electron chi connectivity index (χ2n) is 6.51. The summed E-state index contributed by atoms with van der Waals surface area (Å²) in [6, 6.07) is 13.0. The van der Waals surface area contributed by atoms with Crippen LogP contribution < -0.4 is 10.6 Å². The Morgan fingerprint density at radius 3 is 2.59 bits per heavy atom. The van der Waals surface area contributed by atoms with Gasteiger partial charge in [0.15, 0.2) is 5.96 Å². The molecule has 2 rings (SSSR count). The highest BCUT2D eigenvalue weighted by molar-refractivity contribution is 14.0. The summed E-state index contributed by atoms with van der Waals surface area (Å²) in [4.78, 5) is 6.21. The van der Waals surface area contributed by atoms with E-state index >= 15 is 0 Å². The highest BCUT2D eigenvalue weighted by Crippen LogP contribution is 2.17. The van der Waals surface area contributed by atoms with Crippen molar-refractivity contribution in [1.29, 1.82) is 0 Å². The fraction of sp³-hybridized carbons (Fsp3) is 0.350. The Morgan fingerprint density at radius 1 is 1.22 bits per heavy atom. The smallest absolute Gasteiger partial charge is 0.191 e. The number of hydrogen-bond donors (Lipinski definition) is 2. The fourth-order valence-corrected chi connectivity index (χ4v) is 2.84. The maximum absolute atomic E-state index is 13.9. The van der Waals surface area contributed by atoms with Crippen molar-refractivity contribution in [3.8, 4) is 0 Å². The maximum Gasteiger partial charge on any atom is 0.191 e. The molecule has 1 unspecified atom stereocenters. The van der Waals surface area contributed by atoms with Crippen molar-refractivity contribution in [2.45, 2.75) is 26.1 Å². The van der Waals surface area contributed by atoms with Gasteiger partial charge in [-0.1, -0.05) is 29.8 Å². The number of nitrogens with one attached hydrogen (secondary N) is 2. The third kappa shape index (κ3) is 7.63. The lowest BCUT2D eigenvalue weighted by atomic mass is 10.1. The highest BCUT2D eigenvalue weighted by atomic mass is 127. The third-order valence-electron chi connectivity index (χ3n) is 3.98. The number of aliphatic imine (C=N–C) groups is 1. The first-order valence-electron chi connectivity index (χ1n) is 8.53. The van der Waals surface area contributed by atoms with Crippen LogP contribution in [0.15, 0.2) is 47.5 Å². The summed E-state index contributed by atoms with van der Waals surface area (Å²) in [5.41, 5.74) is 2.77. The van der Waals surface area contributed by atoms with Crippen molar-refractivity contribution in [3.63, 3.8) is 0 Å². The van der Waals surface area contributed by atoms with Gasteiger partial charge in [0.1, 0.15) is 5.82 Å². The van der Waals surface area contributed by atoms with Gasteiger partial charge in [0.25, 0.3) is 0 Å². The van der Waals surface area contributed by atoms with Gasteiger partial charge in [-0.05, 0) is 56.4 Å². The molecule has 27 heavy (non-hydrogen) atoms. The Hall–Kier alpha value is -1.38. The Balaban J connectivity index is 0.00000364. The quantitative estimate of drug-likeness (QED) is 0.344. The minimum Gasteiger partial charge on any atom is -0.352 e. The van der Waals surface area contributed by atoms with Crippen LogP contribution in [-0.4, -0.2) is 32.0 Å². The topological polar surface area (TPSA) is 39.7 Å². The van der Waals surface area contributed by atoms with Gasteiger partial charge >= 0.3 is 0 Å². The molecule has 0 heterocycles. The van der Waals surface area contributed by atoms with Gasteiger partial charge in [-0.2, -0.15) is 0 Å². The van der Waals surface area contributed by atoms with Crippen molar-refractivity contribution in [1.82, 2.24) is 15.5 Å². The molecule has 0 bridgehead atoms. The lowest BCUT2D eigenvalue weighted by Gasteiger charge is -2.19.